The van der Waals surface area contributed by atoms with Gasteiger partial charge in [0.1, 0.15) is 0 Å². The van der Waals surface area contributed by atoms with Gasteiger partial charge >= 0.3 is 0 Å². The lowest BCUT2D eigenvalue weighted by Gasteiger charge is -2.25. The highest BCUT2D eigenvalue weighted by Gasteiger charge is 2.26. The van der Waals surface area contributed by atoms with Crippen LogP contribution in [0.3, 0.4) is 0 Å². The zero-order valence-corrected chi connectivity index (χ0v) is 16.4. The largest absolute Gasteiger partial charge is 0.545 e. The van der Waals surface area contributed by atoms with Crippen LogP contribution in [0, 0.1) is 0 Å². The van der Waals surface area contributed by atoms with Gasteiger partial charge in [-0.3, -0.25) is 4.79 Å². The van der Waals surface area contributed by atoms with Crippen LogP contribution in [-0.4, -0.2) is 43.9 Å². The Labute approximate surface area is 168 Å². The Morgan fingerprint density at radius 2 is 1.69 bits per heavy atom. The van der Waals surface area contributed by atoms with E-state index < -0.39 is 21.9 Å². The first-order chi connectivity index (χ1) is 13.9. The summed E-state index contributed by atoms with van der Waals surface area (Å²) in [5.41, 5.74) is 3.13. The fourth-order valence-electron chi connectivity index (χ4n) is 2.99. The molecule has 2 aromatic carbocycles. The van der Waals surface area contributed by atoms with Crippen LogP contribution >= 0.6 is 0 Å². The van der Waals surface area contributed by atoms with Crippen LogP contribution in [0.4, 0.5) is 0 Å². The number of hydrogen-bond donors (Lipinski definition) is 1. The molecule has 0 unspecified atom stereocenters. The van der Waals surface area contributed by atoms with Crippen molar-refractivity contribution in [2.75, 3.05) is 13.1 Å². The molecule has 0 radical (unpaired) electrons. The number of hydrogen-bond acceptors (Lipinski definition) is 6. The van der Waals surface area contributed by atoms with E-state index in [4.69, 9.17) is 0 Å². The number of piperidine rings is 1. The molecule has 0 aliphatic carbocycles. The van der Waals surface area contributed by atoms with Gasteiger partial charge in [0, 0.05) is 18.7 Å². The average molecular weight is 414 g/mol. The Balaban J connectivity index is 1.68. The molecule has 2 aromatic rings. The van der Waals surface area contributed by atoms with E-state index in [1.165, 1.54) is 59.1 Å². The Hall–Kier alpha value is -3.04. The van der Waals surface area contributed by atoms with Crippen molar-refractivity contribution in [3.8, 4) is 0 Å². The van der Waals surface area contributed by atoms with Crippen LogP contribution in [-0.2, 0) is 10.0 Å². The fourth-order valence-corrected chi connectivity index (χ4v) is 4.55. The average Bonchev–Trinajstić information content (AvgIpc) is 2.74. The van der Waals surface area contributed by atoms with E-state index >= 15 is 0 Å². The quantitative estimate of drug-likeness (QED) is 0.558. The number of rotatable bonds is 6. The van der Waals surface area contributed by atoms with Crippen molar-refractivity contribution in [2.24, 2.45) is 5.10 Å². The lowest BCUT2D eigenvalue weighted by Crippen LogP contribution is -2.35. The Bertz CT molecular complexity index is 1030. The number of hydrazone groups is 1. The molecule has 1 aliphatic heterocycles. The third-order valence-electron chi connectivity index (χ3n) is 4.58. The van der Waals surface area contributed by atoms with Crippen LogP contribution in [0.15, 0.2) is 58.5 Å². The molecule has 1 aliphatic rings. The molecule has 1 heterocycles. The van der Waals surface area contributed by atoms with Crippen molar-refractivity contribution >= 4 is 28.1 Å². The maximum Gasteiger partial charge on any atom is 0.271 e. The van der Waals surface area contributed by atoms with E-state index in [9.17, 15) is 23.1 Å². The van der Waals surface area contributed by atoms with E-state index in [0.717, 1.165) is 19.3 Å². The highest BCUT2D eigenvalue weighted by Crippen LogP contribution is 2.21. The first-order valence-electron chi connectivity index (χ1n) is 9.13. The molecule has 29 heavy (non-hydrogen) atoms. The van der Waals surface area contributed by atoms with Gasteiger partial charge in [0.05, 0.1) is 17.1 Å². The van der Waals surface area contributed by atoms with Gasteiger partial charge in [-0.2, -0.15) is 9.41 Å². The number of nitrogens with one attached hydrogen (secondary N) is 1. The zero-order chi connectivity index (χ0) is 20.9. The van der Waals surface area contributed by atoms with Crippen molar-refractivity contribution in [3.05, 3.63) is 65.2 Å². The molecule has 0 atom stereocenters. The first kappa shape index (κ1) is 20.7. The molecule has 9 heteroatoms. The molecule has 0 bridgehead atoms. The molecule has 1 amide bonds. The molecule has 8 nitrogen and oxygen atoms in total. The maximum absolute atomic E-state index is 12.8. The lowest BCUT2D eigenvalue weighted by molar-refractivity contribution is -0.255. The lowest BCUT2D eigenvalue weighted by atomic mass is 10.1. The van der Waals surface area contributed by atoms with Crippen LogP contribution in [0.5, 0.6) is 0 Å². The summed E-state index contributed by atoms with van der Waals surface area (Å²) in [4.78, 5) is 23.1. The predicted octanol–water partition coefficient (Wildman–Crippen LogP) is 0.989. The fraction of sp³-hybridized carbons (Fsp3) is 0.250. The summed E-state index contributed by atoms with van der Waals surface area (Å²) < 4.78 is 27.0. The minimum absolute atomic E-state index is 0.0397. The predicted molar refractivity (Wildman–Crippen MR) is 105 cm³/mol. The van der Waals surface area contributed by atoms with E-state index in [2.05, 4.69) is 10.5 Å². The van der Waals surface area contributed by atoms with Gasteiger partial charge in [0.2, 0.25) is 10.0 Å². The van der Waals surface area contributed by atoms with Crippen molar-refractivity contribution in [1.29, 1.82) is 0 Å². The molecular formula is C20H20N3O5S-. The third-order valence-corrected chi connectivity index (χ3v) is 6.47. The van der Waals surface area contributed by atoms with Gasteiger partial charge in [0.15, 0.2) is 0 Å². The number of carboxylic acid groups (broad SMARTS) is 1. The van der Waals surface area contributed by atoms with Crippen molar-refractivity contribution < 1.29 is 23.1 Å². The number of carboxylic acids is 1. The highest BCUT2D eigenvalue weighted by molar-refractivity contribution is 7.89. The number of aromatic carboxylic acids is 1. The first-order valence-corrected chi connectivity index (χ1v) is 10.6. The second-order valence-electron chi connectivity index (χ2n) is 6.60. The van der Waals surface area contributed by atoms with E-state index in [1.807, 2.05) is 0 Å². The molecule has 152 valence electrons. The minimum Gasteiger partial charge on any atom is -0.545 e. The van der Waals surface area contributed by atoms with Crippen molar-refractivity contribution in [1.82, 2.24) is 9.73 Å². The molecule has 1 saturated heterocycles. The van der Waals surface area contributed by atoms with Crippen LogP contribution in [0.25, 0.3) is 0 Å². The van der Waals surface area contributed by atoms with Gasteiger partial charge in [0.25, 0.3) is 5.91 Å². The topological polar surface area (TPSA) is 119 Å². The standard InChI is InChI=1S/C20H21N3O5S/c24-19(22-21-14-15-7-9-16(10-8-15)20(25)26)17-5-4-6-18(13-17)29(27,28)23-11-2-1-3-12-23/h4-10,13-14H,1-3,11-12H2,(H,22,24)(H,25,26)/p-1/b21-14-. The summed E-state index contributed by atoms with van der Waals surface area (Å²) in [6, 6.07) is 11.6. The molecule has 0 aromatic heterocycles. The summed E-state index contributed by atoms with van der Waals surface area (Å²) in [6.07, 6.45) is 4.03. The summed E-state index contributed by atoms with van der Waals surface area (Å²) >= 11 is 0. The zero-order valence-electron chi connectivity index (χ0n) is 15.6. The summed E-state index contributed by atoms with van der Waals surface area (Å²) in [6.45, 7) is 0.972. The molecule has 1 fully saturated rings. The maximum atomic E-state index is 12.8. The highest BCUT2D eigenvalue weighted by atomic mass is 32.2. The summed E-state index contributed by atoms with van der Waals surface area (Å²) in [5.74, 6) is -1.83. The van der Waals surface area contributed by atoms with Gasteiger partial charge in [-0.25, -0.2) is 13.8 Å². The Morgan fingerprint density at radius 1 is 1.00 bits per heavy atom. The summed E-state index contributed by atoms with van der Waals surface area (Å²) in [5, 5.41) is 14.6. The SMILES string of the molecule is O=C([O-])c1ccc(/C=N\NC(=O)c2cccc(S(=O)(=O)N3CCCCC3)c2)cc1. The van der Waals surface area contributed by atoms with Crippen molar-refractivity contribution in [2.45, 2.75) is 24.2 Å². The molecular weight excluding hydrogens is 394 g/mol. The number of sulfonamides is 1. The Kier molecular flexibility index (Phi) is 6.40. The van der Waals surface area contributed by atoms with Gasteiger partial charge in [-0.1, -0.05) is 36.8 Å². The van der Waals surface area contributed by atoms with Crippen molar-refractivity contribution in [3.63, 3.8) is 0 Å². The van der Waals surface area contributed by atoms with Gasteiger partial charge < -0.3 is 9.90 Å². The van der Waals surface area contributed by atoms with E-state index in [0.29, 0.717) is 18.7 Å². The second-order valence-corrected chi connectivity index (χ2v) is 8.54. The molecule has 0 saturated carbocycles. The number of carbonyl (C=O) groups is 2. The monoisotopic (exact) mass is 414 g/mol. The van der Waals surface area contributed by atoms with Crippen LogP contribution in [0.2, 0.25) is 0 Å². The minimum atomic E-state index is -3.63. The third kappa shape index (κ3) is 5.07. The number of benzene rings is 2. The summed E-state index contributed by atoms with van der Waals surface area (Å²) in [7, 11) is -3.63. The second kappa shape index (κ2) is 8.97. The van der Waals surface area contributed by atoms with E-state index in [-0.39, 0.29) is 16.0 Å². The van der Waals surface area contributed by atoms with Crippen LogP contribution < -0.4 is 10.5 Å². The number of amides is 1. The normalized spacial score (nSPS) is 15.3. The smallest absolute Gasteiger partial charge is 0.271 e. The van der Waals surface area contributed by atoms with Gasteiger partial charge in [-0.15, -0.1) is 0 Å². The molecule has 3 rings (SSSR count). The van der Waals surface area contributed by atoms with Crippen LogP contribution in [0.1, 0.15) is 45.5 Å². The number of nitrogens with zero attached hydrogens (tertiary/aromatic N) is 2. The molecule has 0 spiro atoms. The molecule has 1 N–H and O–H groups in total. The Morgan fingerprint density at radius 3 is 2.34 bits per heavy atom. The van der Waals surface area contributed by atoms with Gasteiger partial charge in [-0.05, 0) is 42.2 Å². The number of carbonyl (C=O) groups excluding carboxylic acids is 2. The van der Waals surface area contributed by atoms with E-state index in [1.54, 1.807) is 0 Å².